The standard InChI is InChI=1S/C24H19ClN4OS/c25-20-14-8-7-13-19(20)15-26-21(30)16-31-24-27-22(17-9-3-1-4-10-17)23(28-29-24)18-11-5-2-6-12-18/h1-14H,15-16H2,(H,26,30). The zero-order valence-corrected chi connectivity index (χ0v) is 18.1. The number of carbonyl (C=O) groups excluding carboxylic acids is 1. The van der Waals surface area contributed by atoms with Gasteiger partial charge in [0.05, 0.1) is 5.75 Å². The van der Waals surface area contributed by atoms with Crippen molar-refractivity contribution in [3.8, 4) is 22.5 Å². The molecular weight excluding hydrogens is 428 g/mol. The number of halogens is 1. The molecule has 0 unspecified atom stereocenters. The maximum Gasteiger partial charge on any atom is 0.230 e. The van der Waals surface area contributed by atoms with E-state index in [1.807, 2.05) is 78.9 Å². The van der Waals surface area contributed by atoms with Crippen LogP contribution in [0.15, 0.2) is 90.1 Å². The number of aromatic nitrogens is 3. The summed E-state index contributed by atoms with van der Waals surface area (Å²) in [6.45, 7) is 0.375. The molecule has 5 nitrogen and oxygen atoms in total. The first-order valence-corrected chi connectivity index (χ1v) is 11.1. The molecule has 1 N–H and O–H groups in total. The zero-order chi connectivity index (χ0) is 21.5. The summed E-state index contributed by atoms with van der Waals surface area (Å²) >= 11 is 7.39. The molecule has 7 heteroatoms. The minimum atomic E-state index is -0.123. The van der Waals surface area contributed by atoms with Crippen LogP contribution in [0.4, 0.5) is 0 Å². The Morgan fingerprint density at radius 2 is 1.42 bits per heavy atom. The Morgan fingerprint density at radius 1 is 0.806 bits per heavy atom. The lowest BCUT2D eigenvalue weighted by molar-refractivity contribution is -0.118. The van der Waals surface area contributed by atoms with E-state index in [0.29, 0.717) is 22.4 Å². The average Bonchev–Trinajstić information content (AvgIpc) is 2.83. The van der Waals surface area contributed by atoms with Gasteiger partial charge in [-0.15, -0.1) is 10.2 Å². The third kappa shape index (κ3) is 5.48. The first-order chi connectivity index (χ1) is 15.2. The smallest absolute Gasteiger partial charge is 0.230 e. The van der Waals surface area contributed by atoms with Gasteiger partial charge in [0.2, 0.25) is 11.1 Å². The molecule has 0 aliphatic carbocycles. The van der Waals surface area contributed by atoms with Crippen LogP contribution in [0.3, 0.4) is 0 Å². The largest absolute Gasteiger partial charge is 0.351 e. The van der Waals surface area contributed by atoms with Gasteiger partial charge in [0.15, 0.2) is 0 Å². The molecule has 4 aromatic rings. The van der Waals surface area contributed by atoms with Crippen molar-refractivity contribution in [2.45, 2.75) is 11.7 Å². The Morgan fingerprint density at radius 3 is 2.10 bits per heavy atom. The average molecular weight is 447 g/mol. The van der Waals surface area contributed by atoms with Gasteiger partial charge < -0.3 is 5.32 Å². The monoisotopic (exact) mass is 446 g/mol. The number of carbonyl (C=O) groups is 1. The second-order valence-corrected chi connectivity index (χ2v) is 8.03. The normalized spacial score (nSPS) is 10.6. The molecule has 0 spiro atoms. The number of nitrogens with one attached hydrogen (secondary N) is 1. The first-order valence-electron chi connectivity index (χ1n) is 9.69. The number of amides is 1. The van der Waals surface area contributed by atoms with E-state index in [1.54, 1.807) is 6.07 Å². The van der Waals surface area contributed by atoms with Gasteiger partial charge in [0, 0.05) is 22.7 Å². The van der Waals surface area contributed by atoms with Gasteiger partial charge in [-0.3, -0.25) is 4.79 Å². The highest BCUT2D eigenvalue weighted by Crippen LogP contribution is 2.29. The van der Waals surface area contributed by atoms with Crippen LogP contribution in [0.25, 0.3) is 22.5 Å². The summed E-state index contributed by atoms with van der Waals surface area (Å²) in [5.74, 6) is 0.0623. The molecule has 0 saturated heterocycles. The van der Waals surface area contributed by atoms with Gasteiger partial charge in [-0.1, -0.05) is 102 Å². The number of rotatable bonds is 7. The van der Waals surface area contributed by atoms with Crippen LogP contribution in [0, 0.1) is 0 Å². The number of hydrogen-bond acceptors (Lipinski definition) is 5. The van der Waals surface area contributed by atoms with Gasteiger partial charge >= 0.3 is 0 Å². The van der Waals surface area contributed by atoms with Crippen LogP contribution >= 0.6 is 23.4 Å². The minimum absolute atomic E-state index is 0.123. The Bertz CT molecular complexity index is 1170. The van der Waals surface area contributed by atoms with Crippen LogP contribution in [0.1, 0.15) is 5.56 Å². The molecule has 0 atom stereocenters. The summed E-state index contributed by atoms with van der Waals surface area (Å²) in [6.07, 6.45) is 0. The molecule has 154 valence electrons. The first kappa shape index (κ1) is 21.0. The van der Waals surface area contributed by atoms with Crippen molar-refractivity contribution >= 4 is 29.3 Å². The van der Waals surface area contributed by atoms with Crippen molar-refractivity contribution in [1.29, 1.82) is 0 Å². The summed E-state index contributed by atoms with van der Waals surface area (Å²) in [5, 5.41) is 12.6. The molecule has 0 fully saturated rings. The molecule has 0 bridgehead atoms. The molecule has 0 radical (unpaired) electrons. The van der Waals surface area contributed by atoms with Crippen LogP contribution in [0.2, 0.25) is 5.02 Å². The molecule has 3 aromatic carbocycles. The second kappa shape index (κ2) is 10.2. The maximum absolute atomic E-state index is 12.3. The van der Waals surface area contributed by atoms with Crippen LogP contribution in [-0.2, 0) is 11.3 Å². The lowest BCUT2D eigenvalue weighted by atomic mass is 10.0. The molecule has 0 aliphatic rings. The number of thioether (sulfide) groups is 1. The highest BCUT2D eigenvalue weighted by Gasteiger charge is 2.14. The van der Waals surface area contributed by atoms with Gasteiger partial charge in [0.1, 0.15) is 11.4 Å². The Labute approximate surface area is 189 Å². The van der Waals surface area contributed by atoms with Crippen LogP contribution in [-0.4, -0.2) is 26.8 Å². The fourth-order valence-electron chi connectivity index (χ4n) is 2.98. The summed E-state index contributed by atoms with van der Waals surface area (Å²) < 4.78 is 0. The SMILES string of the molecule is O=C(CSc1nnc(-c2ccccc2)c(-c2ccccc2)n1)NCc1ccccc1Cl. The fourth-order valence-corrected chi connectivity index (χ4v) is 3.80. The third-order valence-electron chi connectivity index (χ3n) is 4.53. The van der Waals surface area contributed by atoms with E-state index in [0.717, 1.165) is 22.4 Å². The Hall–Kier alpha value is -3.22. The van der Waals surface area contributed by atoms with E-state index >= 15 is 0 Å². The van der Waals surface area contributed by atoms with Crippen LogP contribution in [0.5, 0.6) is 0 Å². The molecule has 0 saturated carbocycles. The highest BCUT2D eigenvalue weighted by molar-refractivity contribution is 7.99. The predicted molar refractivity (Wildman–Crippen MR) is 125 cm³/mol. The summed E-state index contributed by atoms with van der Waals surface area (Å²) in [4.78, 5) is 17.0. The molecule has 0 aliphatic heterocycles. The minimum Gasteiger partial charge on any atom is -0.351 e. The van der Waals surface area contributed by atoms with Crippen molar-refractivity contribution < 1.29 is 4.79 Å². The number of hydrogen-bond donors (Lipinski definition) is 1. The van der Waals surface area contributed by atoms with Crippen LogP contribution < -0.4 is 5.32 Å². The van der Waals surface area contributed by atoms with E-state index < -0.39 is 0 Å². The van der Waals surface area contributed by atoms with Crippen molar-refractivity contribution in [2.24, 2.45) is 0 Å². The summed E-state index contributed by atoms with van der Waals surface area (Å²) in [6, 6.07) is 27.1. The van der Waals surface area contributed by atoms with Gasteiger partial charge in [0.25, 0.3) is 0 Å². The van der Waals surface area contributed by atoms with E-state index in [-0.39, 0.29) is 11.7 Å². The molecule has 31 heavy (non-hydrogen) atoms. The number of nitrogens with zero attached hydrogens (tertiary/aromatic N) is 3. The summed E-state index contributed by atoms with van der Waals surface area (Å²) in [7, 11) is 0. The van der Waals surface area contributed by atoms with E-state index in [1.165, 1.54) is 11.8 Å². The molecule has 1 aromatic heterocycles. The van der Waals surface area contributed by atoms with E-state index in [9.17, 15) is 4.79 Å². The summed E-state index contributed by atoms with van der Waals surface area (Å²) in [5.41, 5.74) is 4.20. The molecular formula is C24H19ClN4OS. The molecule has 4 rings (SSSR count). The van der Waals surface area contributed by atoms with Gasteiger partial charge in [-0.2, -0.15) is 0 Å². The van der Waals surface area contributed by atoms with Gasteiger partial charge in [-0.25, -0.2) is 4.98 Å². The maximum atomic E-state index is 12.3. The zero-order valence-electron chi connectivity index (χ0n) is 16.5. The van der Waals surface area contributed by atoms with E-state index in [2.05, 4.69) is 15.5 Å². The Kier molecular flexibility index (Phi) is 6.92. The second-order valence-electron chi connectivity index (χ2n) is 6.68. The lowest BCUT2D eigenvalue weighted by Crippen LogP contribution is -2.24. The predicted octanol–water partition coefficient (Wildman–Crippen LogP) is 5.27. The Balaban J connectivity index is 1.49. The van der Waals surface area contributed by atoms with Gasteiger partial charge in [-0.05, 0) is 11.6 Å². The fraction of sp³-hybridized carbons (Fsp3) is 0.0833. The highest BCUT2D eigenvalue weighted by atomic mass is 35.5. The number of benzene rings is 3. The topological polar surface area (TPSA) is 67.8 Å². The van der Waals surface area contributed by atoms with Crippen molar-refractivity contribution in [3.05, 3.63) is 95.5 Å². The quantitative estimate of drug-likeness (QED) is 0.392. The molecule has 1 heterocycles. The lowest BCUT2D eigenvalue weighted by Gasteiger charge is -2.10. The van der Waals surface area contributed by atoms with Crippen molar-refractivity contribution in [2.75, 3.05) is 5.75 Å². The van der Waals surface area contributed by atoms with Crippen molar-refractivity contribution in [1.82, 2.24) is 20.5 Å². The van der Waals surface area contributed by atoms with E-state index in [4.69, 9.17) is 16.6 Å². The van der Waals surface area contributed by atoms with Crippen molar-refractivity contribution in [3.63, 3.8) is 0 Å². The molecule has 1 amide bonds. The third-order valence-corrected chi connectivity index (χ3v) is 5.73.